The minimum absolute atomic E-state index is 0.0280. The van der Waals surface area contributed by atoms with E-state index in [9.17, 15) is 10.1 Å². The molecule has 0 N–H and O–H groups in total. The molecule has 0 fully saturated rings. The van der Waals surface area contributed by atoms with E-state index in [0.717, 1.165) is 0 Å². The summed E-state index contributed by atoms with van der Waals surface area (Å²) in [5.74, 6) is 2.37. The van der Waals surface area contributed by atoms with Crippen molar-refractivity contribution in [2.45, 2.75) is 24.4 Å². The van der Waals surface area contributed by atoms with Crippen LogP contribution in [0.5, 0.6) is 0 Å². The fourth-order valence-corrected chi connectivity index (χ4v) is 3.42. The molecule has 0 amide bonds. The first-order valence-electron chi connectivity index (χ1n) is 8.33. The molecule has 3 heterocycles. The maximum Gasteiger partial charge on any atom is 0.270 e. The molecule has 0 spiro atoms. The van der Waals surface area contributed by atoms with Crippen molar-refractivity contribution in [2.75, 3.05) is 0 Å². The number of hydrogen-bond acceptors (Lipinski definition) is 9. The van der Waals surface area contributed by atoms with E-state index < -0.39 is 4.92 Å². The Morgan fingerprint density at radius 2 is 2.14 bits per heavy atom. The number of furan rings is 1. The summed E-state index contributed by atoms with van der Waals surface area (Å²) in [5, 5.41) is 23.9. The molecule has 0 aliphatic rings. The van der Waals surface area contributed by atoms with Crippen LogP contribution in [0.15, 0.2) is 56.8 Å². The van der Waals surface area contributed by atoms with E-state index in [1.807, 2.05) is 17.6 Å². The Balaban J connectivity index is 1.50. The molecule has 28 heavy (non-hydrogen) atoms. The second-order valence-corrected chi connectivity index (χ2v) is 6.58. The number of nitro benzene ring substituents is 1. The predicted molar refractivity (Wildman–Crippen MR) is 99.3 cm³/mol. The standard InChI is InChI=1S/C17H14N6O4S/c1-2-22-16(13-7-4-8-26-13)19-20-17(22)28-10-14-18-15(21-27-14)11-5-3-6-12(9-11)23(24)25/h3-9H,2,10H2,1H3. The average Bonchev–Trinajstić information content (AvgIpc) is 3.46. The van der Waals surface area contributed by atoms with Crippen LogP contribution in [0, 0.1) is 10.1 Å². The molecule has 0 unspecified atom stereocenters. The van der Waals surface area contributed by atoms with Gasteiger partial charge in [0.1, 0.15) is 0 Å². The molecule has 142 valence electrons. The quantitative estimate of drug-likeness (QED) is 0.259. The van der Waals surface area contributed by atoms with Crippen LogP contribution < -0.4 is 0 Å². The van der Waals surface area contributed by atoms with E-state index in [1.54, 1.807) is 24.5 Å². The third-order valence-electron chi connectivity index (χ3n) is 3.88. The summed E-state index contributed by atoms with van der Waals surface area (Å²) in [7, 11) is 0. The van der Waals surface area contributed by atoms with E-state index in [4.69, 9.17) is 8.94 Å². The van der Waals surface area contributed by atoms with Crippen molar-refractivity contribution in [3.8, 4) is 23.0 Å². The van der Waals surface area contributed by atoms with Crippen LogP contribution in [-0.4, -0.2) is 29.8 Å². The highest BCUT2D eigenvalue weighted by atomic mass is 32.2. The lowest BCUT2D eigenvalue weighted by Crippen LogP contribution is -1.99. The molecule has 4 aromatic rings. The van der Waals surface area contributed by atoms with Gasteiger partial charge in [0.2, 0.25) is 11.7 Å². The molecule has 10 nitrogen and oxygen atoms in total. The minimum Gasteiger partial charge on any atom is -0.461 e. The summed E-state index contributed by atoms with van der Waals surface area (Å²) in [4.78, 5) is 14.8. The number of nitro groups is 1. The van der Waals surface area contributed by atoms with Gasteiger partial charge in [0.15, 0.2) is 16.7 Å². The molecule has 0 aliphatic heterocycles. The molecule has 0 saturated heterocycles. The summed E-state index contributed by atoms with van der Waals surface area (Å²) in [6, 6.07) is 9.72. The smallest absolute Gasteiger partial charge is 0.270 e. The van der Waals surface area contributed by atoms with Crippen molar-refractivity contribution in [1.82, 2.24) is 24.9 Å². The van der Waals surface area contributed by atoms with Crippen LogP contribution in [0.25, 0.3) is 23.0 Å². The Morgan fingerprint density at radius 3 is 2.89 bits per heavy atom. The molecule has 1 aromatic carbocycles. The highest BCUT2D eigenvalue weighted by Crippen LogP contribution is 2.27. The molecule has 11 heteroatoms. The van der Waals surface area contributed by atoms with Crippen molar-refractivity contribution >= 4 is 17.4 Å². The van der Waals surface area contributed by atoms with Crippen LogP contribution in [-0.2, 0) is 12.3 Å². The van der Waals surface area contributed by atoms with Gasteiger partial charge >= 0.3 is 0 Å². The summed E-state index contributed by atoms with van der Waals surface area (Å²) < 4.78 is 12.6. The van der Waals surface area contributed by atoms with Gasteiger partial charge in [0.25, 0.3) is 5.69 Å². The number of nitrogens with zero attached hydrogens (tertiary/aromatic N) is 6. The molecule has 0 saturated carbocycles. The zero-order valence-electron chi connectivity index (χ0n) is 14.7. The number of benzene rings is 1. The monoisotopic (exact) mass is 398 g/mol. The molecule has 0 bridgehead atoms. The van der Waals surface area contributed by atoms with Gasteiger partial charge in [-0.05, 0) is 19.1 Å². The number of hydrogen-bond donors (Lipinski definition) is 0. The van der Waals surface area contributed by atoms with E-state index in [-0.39, 0.29) is 5.69 Å². The molecule has 4 rings (SSSR count). The van der Waals surface area contributed by atoms with Crippen LogP contribution in [0.4, 0.5) is 5.69 Å². The van der Waals surface area contributed by atoms with Gasteiger partial charge in [0.05, 0.1) is 16.9 Å². The van der Waals surface area contributed by atoms with E-state index in [0.29, 0.717) is 46.3 Å². The van der Waals surface area contributed by atoms with Gasteiger partial charge in [-0.2, -0.15) is 4.98 Å². The van der Waals surface area contributed by atoms with E-state index in [1.165, 1.54) is 23.9 Å². The Hall–Kier alpha value is -3.47. The lowest BCUT2D eigenvalue weighted by molar-refractivity contribution is -0.384. The van der Waals surface area contributed by atoms with Crippen LogP contribution >= 0.6 is 11.8 Å². The average molecular weight is 398 g/mol. The van der Waals surface area contributed by atoms with Gasteiger partial charge in [-0.25, -0.2) is 0 Å². The van der Waals surface area contributed by atoms with Crippen molar-refractivity contribution < 1.29 is 13.9 Å². The highest BCUT2D eigenvalue weighted by Gasteiger charge is 2.17. The first kappa shape index (κ1) is 17.9. The largest absolute Gasteiger partial charge is 0.461 e. The van der Waals surface area contributed by atoms with Crippen molar-refractivity contribution in [1.29, 1.82) is 0 Å². The summed E-state index contributed by atoms with van der Waals surface area (Å²) >= 11 is 1.40. The third kappa shape index (κ3) is 3.51. The topological polar surface area (TPSA) is 126 Å². The third-order valence-corrected chi connectivity index (χ3v) is 4.83. The van der Waals surface area contributed by atoms with Crippen LogP contribution in [0.1, 0.15) is 12.8 Å². The van der Waals surface area contributed by atoms with Gasteiger partial charge in [-0.3, -0.25) is 14.7 Å². The van der Waals surface area contributed by atoms with Gasteiger partial charge in [0, 0.05) is 24.2 Å². The lowest BCUT2D eigenvalue weighted by Gasteiger charge is -2.04. The van der Waals surface area contributed by atoms with E-state index >= 15 is 0 Å². The summed E-state index contributed by atoms with van der Waals surface area (Å²) in [5.41, 5.74) is 0.491. The van der Waals surface area contributed by atoms with E-state index in [2.05, 4.69) is 20.3 Å². The van der Waals surface area contributed by atoms with Crippen molar-refractivity contribution in [3.63, 3.8) is 0 Å². The Bertz CT molecular complexity index is 1100. The fourth-order valence-electron chi connectivity index (χ4n) is 2.58. The Morgan fingerprint density at radius 1 is 1.25 bits per heavy atom. The lowest BCUT2D eigenvalue weighted by atomic mass is 10.2. The fraction of sp³-hybridized carbons (Fsp3) is 0.176. The van der Waals surface area contributed by atoms with Crippen LogP contribution in [0.2, 0.25) is 0 Å². The first-order valence-corrected chi connectivity index (χ1v) is 9.31. The second kappa shape index (κ2) is 7.64. The Kier molecular flexibility index (Phi) is 4.89. The molecular formula is C17H14N6O4S. The minimum atomic E-state index is -0.464. The zero-order chi connectivity index (χ0) is 19.5. The summed E-state index contributed by atoms with van der Waals surface area (Å²) in [6.07, 6.45) is 1.59. The highest BCUT2D eigenvalue weighted by molar-refractivity contribution is 7.98. The normalized spacial score (nSPS) is 11.0. The maximum absolute atomic E-state index is 10.9. The maximum atomic E-state index is 10.9. The SMILES string of the molecule is CCn1c(SCc2nc(-c3cccc([N+](=O)[O-])c3)no2)nnc1-c1ccco1. The molecular weight excluding hydrogens is 384 g/mol. The number of aromatic nitrogens is 5. The Labute approximate surface area is 162 Å². The zero-order valence-corrected chi connectivity index (χ0v) is 15.5. The molecule has 0 radical (unpaired) electrons. The molecule has 0 aliphatic carbocycles. The van der Waals surface area contributed by atoms with Crippen LogP contribution in [0.3, 0.4) is 0 Å². The van der Waals surface area contributed by atoms with Crippen molar-refractivity contribution in [3.05, 3.63) is 58.7 Å². The van der Waals surface area contributed by atoms with Gasteiger partial charge < -0.3 is 8.94 Å². The molecule has 0 atom stereocenters. The first-order chi connectivity index (χ1) is 13.7. The predicted octanol–water partition coefficient (Wildman–Crippen LogP) is 3.81. The number of rotatable bonds is 7. The second-order valence-electron chi connectivity index (χ2n) is 5.64. The number of thioether (sulfide) groups is 1. The van der Waals surface area contributed by atoms with Gasteiger partial charge in [-0.1, -0.05) is 29.1 Å². The number of non-ortho nitro benzene ring substituents is 1. The molecule has 3 aromatic heterocycles. The summed E-state index contributed by atoms with van der Waals surface area (Å²) in [6.45, 7) is 2.67. The van der Waals surface area contributed by atoms with Crippen molar-refractivity contribution in [2.24, 2.45) is 0 Å². The van der Waals surface area contributed by atoms with Gasteiger partial charge in [-0.15, -0.1) is 10.2 Å².